The normalized spacial score (nSPS) is 14.6. The molecular formula is C13H17F3N2O4S. The maximum Gasteiger partial charge on any atom is 0.405 e. The smallest absolute Gasteiger partial charge is 0.258 e. The van der Waals surface area contributed by atoms with Gasteiger partial charge in [0.05, 0.1) is 4.92 Å². The van der Waals surface area contributed by atoms with E-state index < -0.39 is 43.2 Å². The molecule has 6 nitrogen and oxygen atoms in total. The number of alkyl halides is 3. The van der Waals surface area contributed by atoms with Crippen LogP contribution < -0.4 is 4.72 Å². The number of nitrogens with one attached hydrogen (secondary N) is 1. The van der Waals surface area contributed by atoms with E-state index in [1.165, 1.54) is 33.8 Å². The molecule has 0 heterocycles. The van der Waals surface area contributed by atoms with Gasteiger partial charge in [-0.15, -0.1) is 0 Å². The van der Waals surface area contributed by atoms with E-state index in [-0.39, 0.29) is 0 Å². The highest BCUT2D eigenvalue weighted by Gasteiger charge is 2.49. The van der Waals surface area contributed by atoms with Crippen molar-refractivity contribution >= 4 is 15.7 Å². The fourth-order valence-electron chi connectivity index (χ4n) is 1.95. The van der Waals surface area contributed by atoms with Gasteiger partial charge in [-0.2, -0.15) is 17.9 Å². The van der Waals surface area contributed by atoms with Gasteiger partial charge in [0.2, 0.25) is 10.0 Å². The number of halogens is 3. The van der Waals surface area contributed by atoms with E-state index in [2.05, 4.69) is 0 Å². The van der Waals surface area contributed by atoms with E-state index >= 15 is 0 Å². The van der Waals surface area contributed by atoms with Crippen LogP contribution in [0.2, 0.25) is 0 Å². The van der Waals surface area contributed by atoms with E-state index in [9.17, 15) is 31.7 Å². The minimum absolute atomic E-state index is 0.416. The van der Waals surface area contributed by atoms with Crippen LogP contribution in [0.4, 0.5) is 18.9 Å². The van der Waals surface area contributed by atoms with Crippen molar-refractivity contribution in [2.75, 3.05) is 0 Å². The molecule has 1 N–H and O–H groups in total. The number of nitro benzene ring substituents is 1. The second-order valence-electron chi connectivity index (χ2n) is 6.19. The van der Waals surface area contributed by atoms with Crippen molar-refractivity contribution in [3.63, 3.8) is 0 Å². The molecule has 130 valence electrons. The Kier molecular flexibility index (Phi) is 5.12. The summed E-state index contributed by atoms with van der Waals surface area (Å²) in [6, 6.07) is 0.808. The van der Waals surface area contributed by atoms with Crippen LogP contribution in [0.5, 0.6) is 0 Å². The Balaban J connectivity index is 3.40. The highest BCUT2D eigenvalue weighted by atomic mass is 32.2. The molecule has 23 heavy (non-hydrogen) atoms. The highest BCUT2D eigenvalue weighted by molar-refractivity contribution is 7.89. The molecule has 0 aliphatic carbocycles. The Hall–Kier alpha value is -1.68. The van der Waals surface area contributed by atoms with Crippen LogP contribution in [-0.4, -0.2) is 25.6 Å². The Morgan fingerprint density at radius 1 is 1.22 bits per heavy atom. The van der Waals surface area contributed by atoms with Crippen molar-refractivity contribution in [2.24, 2.45) is 5.41 Å². The van der Waals surface area contributed by atoms with Gasteiger partial charge in [0.1, 0.15) is 6.04 Å². The first-order chi connectivity index (χ1) is 10.2. The predicted molar refractivity (Wildman–Crippen MR) is 77.5 cm³/mol. The van der Waals surface area contributed by atoms with Gasteiger partial charge in [0, 0.05) is 6.07 Å². The fourth-order valence-corrected chi connectivity index (χ4v) is 3.53. The first kappa shape index (κ1) is 19.4. The number of aryl methyl sites for hydroxylation is 1. The van der Waals surface area contributed by atoms with Gasteiger partial charge < -0.3 is 0 Å². The van der Waals surface area contributed by atoms with Crippen molar-refractivity contribution in [3.8, 4) is 0 Å². The molecule has 0 amide bonds. The maximum atomic E-state index is 13.1. The van der Waals surface area contributed by atoms with Gasteiger partial charge in [-0.05, 0) is 24.0 Å². The summed E-state index contributed by atoms with van der Waals surface area (Å²) in [4.78, 5) is 9.25. The Morgan fingerprint density at radius 3 is 2.13 bits per heavy atom. The Labute approximate surface area is 131 Å². The number of hydrogen-bond acceptors (Lipinski definition) is 4. The zero-order valence-corrected chi connectivity index (χ0v) is 13.7. The number of nitrogens with zero attached hydrogens (tertiary/aromatic N) is 1. The molecule has 1 aromatic rings. The molecule has 0 saturated heterocycles. The zero-order valence-electron chi connectivity index (χ0n) is 12.9. The van der Waals surface area contributed by atoms with Crippen molar-refractivity contribution in [3.05, 3.63) is 33.9 Å². The third-order valence-electron chi connectivity index (χ3n) is 3.07. The van der Waals surface area contributed by atoms with Crippen LogP contribution in [0.25, 0.3) is 0 Å². The van der Waals surface area contributed by atoms with Crippen molar-refractivity contribution in [2.45, 2.75) is 44.8 Å². The van der Waals surface area contributed by atoms with Crippen LogP contribution in [0, 0.1) is 22.5 Å². The Morgan fingerprint density at radius 2 is 1.74 bits per heavy atom. The van der Waals surface area contributed by atoms with Gasteiger partial charge in [0.25, 0.3) is 5.69 Å². The summed E-state index contributed by atoms with van der Waals surface area (Å²) < 4.78 is 65.4. The van der Waals surface area contributed by atoms with Crippen LogP contribution in [0.3, 0.4) is 0 Å². The monoisotopic (exact) mass is 354 g/mol. The fraction of sp³-hybridized carbons (Fsp3) is 0.538. The number of sulfonamides is 1. The molecular weight excluding hydrogens is 337 g/mol. The standard InChI is InChI=1S/C13H17F3N2O4S/c1-8-5-6-10(9(7-8)18(19)20)23(21,22)17-11(12(2,3)4)13(14,15)16/h5-7,11,17H,1-4H3/t11-/m1/s1. The number of hydrogen-bond donors (Lipinski definition) is 1. The summed E-state index contributed by atoms with van der Waals surface area (Å²) in [7, 11) is -4.73. The molecule has 1 rings (SSSR count). The molecule has 10 heteroatoms. The van der Waals surface area contributed by atoms with Crippen molar-refractivity contribution in [1.29, 1.82) is 0 Å². The molecule has 0 aliphatic rings. The van der Waals surface area contributed by atoms with Gasteiger partial charge in [-0.25, -0.2) is 8.42 Å². The zero-order chi connectivity index (χ0) is 18.2. The molecule has 1 atom stereocenters. The van der Waals surface area contributed by atoms with Gasteiger partial charge in [-0.1, -0.05) is 26.8 Å². The second-order valence-corrected chi connectivity index (χ2v) is 7.87. The lowest BCUT2D eigenvalue weighted by atomic mass is 9.87. The second kappa shape index (κ2) is 6.08. The SMILES string of the molecule is Cc1ccc(S(=O)(=O)N[C@H](C(C)(C)C)C(F)(F)F)c([N+](=O)[O-])c1. The van der Waals surface area contributed by atoms with Gasteiger partial charge in [0.15, 0.2) is 4.90 Å². The topological polar surface area (TPSA) is 89.3 Å². The van der Waals surface area contributed by atoms with E-state index in [1.807, 2.05) is 0 Å². The molecule has 0 radical (unpaired) electrons. The highest BCUT2D eigenvalue weighted by Crippen LogP contribution is 2.35. The average Bonchev–Trinajstić information content (AvgIpc) is 2.33. The molecule has 1 aromatic carbocycles. The molecule has 0 spiro atoms. The van der Waals surface area contributed by atoms with E-state index in [1.54, 1.807) is 4.72 Å². The minimum Gasteiger partial charge on any atom is -0.258 e. The number of benzene rings is 1. The van der Waals surface area contributed by atoms with Crippen LogP contribution in [0.15, 0.2) is 23.1 Å². The molecule has 0 saturated carbocycles. The van der Waals surface area contributed by atoms with Crippen LogP contribution >= 0.6 is 0 Å². The van der Waals surface area contributed by atoms with Crippen LogP contribution in [-0.2, 0) is 10.0 Å². The van der Waals surface area contributed by atoms with Crippen LogP contribution in [0.1, 0.15) is 26.3 Å². The lowest BCUT2D eigenvalue weighted by molar-refractivity contribution is -0.387. The van der Waals surface area contributed by atoms with Crippen molar-refractivity contribution < 1.29 is 26.5 Å². The summed E-state index contributed by atoms with van der Waals surface area (Å²) in [5, 5.41) is 11.0. The predicted octanol–water partition coefficient (Wildman–Crippen LogP) is 3.16. The summed E-state index contributed by atoms with van der Waals surface area (Å²) in [6.07, 6.45) is -4.84. The Bertz CT molecular complexity index is 695. The van der Waals surface area contributed by atoms with E-state index in [0.717, 1.165) is 12.1 Å². The molecule has 0 unspecified atom stereocenters. The van der Waals surface area contributed by atoms with E-state index in [0.29, 0.717) is 5.56 Å². The first-order valence-corrected chi connectivity index (χ1v) is 7.98. The summed E-state index contributed by atoms with van der Waals surface area (Å²) in [5.41, 5.74) is -1.82. The first-order valence-electron chi connectivity index (χ1n) is 6.50. The third kappa shape index (κ3) is 4.64. The minimum atomic E-state index is -4.84. The number of rotatable bonds is 4. The quantitative estimate of drug-likeness (QED) is 0.664. The summed E-state index contributed by atoms with van der Waals surface area (Å²) >= 11 is 0. The number of nitro groups is 1. The maximum absolute atomic E-state index is 13.1. The third-order valence-corrected chi connectivity index (χ3v) is 4.54. The average molecular weight is 354 g/mol. The van der Waals surface area contributed by atoms with Crippen molar-refractivity contribution in [1.82, 2.24) is 4.72 Å². The summed E-state index contributed by atoms with van der Waals surface area (Å²) in [6.45, 7) is 5.16. The van der Waals surface area contributed by atoms with Gasteiger partial charge >= 0.3 is 6.18 Å². The molecule has 0 aliphatic heterocycles. The lowest BCUT2D eigenvalue weighted by Crippen LogP contribution is -2.52. The lowest BCUT2D eigenvalue weighted by Gasteiger charge is -2.32. The molecule has 0 fully saturated rings. The van der Waals surface area contributed by atoms with E-state index in [4.69, 9.17) is 0 Å². The molecule has 0 bridgehead atoms. The van der Waals surface area contributed by atoms with Gasteiger partial charge in [-0.3, -0.25) is 10.1 Å². The largest absolute Gasteiger partial charge is 0.405 e. The molecule has 0 aromatic heterocycles. The summed E-state index contributed by atoms with van der Waals surface area (Å²) in [5.74, 6) is 0.